The van der Waals surface area contributed by atoms with E-state index < -0.39 is 0 Å². The fraction of sp³-hybridized carbons (Fsp3) is 0.750. The summed E-state index contributed by atoms with van der Waals surface area (Å²) in [5.41, 5.74) is 0. The van der Waals surface area contributed by atoms with Crippen LogP contribution in [0.5, 0.6) is 0 Å². The van der Waals surface area contributed by atoms with Crippen LogP contribution >= 0.6 is 0 Å². The minimum atomic E-state index is -0.0576. The van der Waals surface area contributed by atoms with Crippen molar-refractivity contribution in [3.05, 3.63) is 0 Å². The summed E-state index contributed by atoms with van der Waals surface area (Å²) in [4.78, 5) is 22.4. The predicted molar refractivity (Wildman–Crippen MR) is 42.3 cm³/mol. The number of fused-ring (bicyclic) bond motifs is 1. The largest absolute Gasteiger partial charge is 0.351 e. The first-order valence-electron chi connectivity index (χ1n) is 4.34. The Morgan fingerprint density at radius 3 is 2.92 bits per heavy atom. The molecule has 1 saturated carbocycles. The number of rotatable bonds is 0. The summed E-state index contributed by atoms with van der Waals surface area (Å²) in [6.45, 7) is 0.145. The molecule has 0 spiro atoms. The van der Waals surface area contributed by atoms with Crippen molar-refractivity contribution in [2.75, 3.05) is 6.54 Å². The monoisotopic (exact) mass is 168 g/mol. The van der Waals surface area contributed by atoms with Gasteiger partial charge in [-0.3, -0.25) is 9.59 Å². The molecule has 2 aliphatic rings. The van der Waals surface area contributed by atoms with Gasteiger partial charge in [-0.15, -0.1) is 0 Å². The summed E-state index contributed by atoms with van der Waals surface area (Å²) in [7, 11) is 0. The van der Waals surface area contributed by atoms with Crippen molar-refractivity contribution in [2.24, 2.45) is 5.92 Å². The molecule has 0 unspecified atom stereocenters. The van der Waals surface area contributed by atoms with Crippen LogP contribution in [-0.2, 0) is 9.59 Å². The van der Waals surface area contributed by atoms with E-state index in [2.05, 4.69) is 10.6 Å². The lowest BCUT2D eigenvalue weighted by Gasteiger charge is -2.14. The fourth-order valence-electron chi connectivity index (χ4n) is 2.00. The summed E-state index contributed by atoms with van der Waals surface area (Å²) in [5.74, 6) is 0.00468. The van der Waals surface area contributed by atoms with Crippen molar-refractivity contribution in [3.63, 3.8) is 0 Å². The molecule has 1 heterocycles. The predicted octanol–water partition coefficient (Wildman–Crippen LogP) is -0.599. The van der Waals surface area contributed by atoms with E-state index in [0.29, 0.717) is 0 Å². The van der Waals surface area contributed by atoms with Gasteiger partial charge in [0.05, 0.1) is 12.5 Å². The van der Waals surface area contributed by atoms with Crippen LogP contribution in [-0.4, -0.2) is 24.4 Å². The third kappa shape index (κ3) is 1.17. The molecule has 0 aromatic rings. The molecular weight excluding hydrogens is 156 g/mol. The normalized spacial score (nSPS) is 35.0. The van der Waals surface area contributed by atoms with Crippen LogP contribution in [0, 0.1) is 5.92 Å². The lowest BCUT2D eigenvalue weighted by Crippen LogP contribution is -2.37. The zero-order valence-corrected chi connectivity index (χ0v) is 6.80. The topological polar surface area (TPSA) is 58.2 Å². The number of nitrogens with one attached hydrogen (secondary N) is 2. The summed E-state index contributed by atoms with van der Waals surface area (Å²) >= 11 is 0. The van der Waals surface area contributed by atoms with E-state index in [1.54, 1.807) is 0 Å². The minimum absolute atomic E-state index is 0.0245. The molecule has 0 bridgehead atoms. The van der Waals surface area contributed by atoms with Gasteiger partial charge in [0.2, 0.25) is 11.8 Å². The molecule has 0 aromatic carbocycles. The molecule has 0 radical (unpaired) electrons. The first-order chi connectivity index (χ1) is 5.77. The van der Waals surface area contributed by atoms with Crippen LogP contribution in [0.25, 0.3) is 0 Å². The molecule has 2 N–H and O–H groups in total. The quantitative estimate of drug-likeness (QED) is 0.507. The highest BCUT2D eigenvalue weighted by Crippen LogP contribution is 2.26. The van der Waals surface area contributed by atoms with Gasteiger partial charge in [0.25, 0.3) is 0 Å². The molecule has 2 amide bonds. The molecule has 2 fully saturated rings. The maximum absolute atomic E-state index is 11.3. The molecule has 1 aliphatic carbocycles. The van der Waals surface area contributed by atoms with Crippen molar-refractivity contribution in [3.8, 4) is 0 Å². The van der Waals surface area contributed by atoms with Crippen molar-refractivity contribution in [1.82, 2.24) is 10.6 Å². The van der Waals surface area contributed by atoms with Crippen LogP contribution in [0.2, 0.25) is 0 Å². The average Bonchev–Trinajstić information content (AvgIpc) is 2.44. The number of hydrogen-bond donors (Lipinski definition) is 2. The van der Waals surface area contributed by atoms with E-state index in [-0.39, 0.29) is 30.3 Å². The summed E-state index contributed by atoms with van der Waals surface area (Å²) in [5, 5.41) is 5.46. The van der Waals surface area contributed by atoms with Gasteiger partial charge in [-0.1, -0.05) is 6.42 Å². The van der Waals surface area contributed by atoms with E-state index in [9.17, 15) is 9.59 Å². The molecule has 1 aliphatic heterocycles. The van der Waals surface area contributed by atoms with Gasteiger partial charge >= 0.3 is 0 Å². The third-order valence-corrected chi connectivity index (χ3v) is 2.62. The van der Waals surface area contributed by atoms with Crippen LogP contribution < -0.4 is 10.6 Å². The maximum atomic E-state index is 11.3. The summed E-state index contributed by atoms with van der Waals surface area (Å²) in [6, 6.07) is 0.0972. The van der Waals surface area contributed by atoms with Crippen molar-refractivity contribution < 1.29 is 9.59 Å². The Hall–Kier alpha value is -1.06. The van der Waals surface area contributed by atoms with Crippen LogP contribution in [0.4, 0.5) is 0 Å². The highest BCUT2D eigenvalue weighted by atomic mass is 16.2. The van der Waals surface area contributed by atoms with Crippen molar-refractivity contribution in [1.29, 1.82) is 0 Å². The standard InChI is InChI=1S/C8H12N2O2/c11-7-4-9-8(12)5-2-1-3-6(5)10-7/h5-6H,1-4H2,(H,9,12)(H,10,11)/t5-,6+/m1/s1. The highest BCUT2D eigenvalue weighted by Gasteiger charge is 2.35. The smallest absolute Gasteiger partial charge is 0.239 e. The number of carbonyl (C=O) groups is 2. The Morgan fingerprint density at radius 1 is 1.25 bits per heavy atom. The van der Waals surface area contributed by atoms with Crippen molar-refractivity contribution in [2.45, 2.75) is 25.3 Å². The van der Waals surface area contributed by atoms with Gasteiger partial charge in [-0.2, -0.15) is 0 Å². The van der Waals surface area contributed by atoms with E-state index in [1.165, 1.54) is 0 Å². The molecule has 4 nitrogen and oxygen atoms in total. The number of hydrogen-bond acceptors (Lipinski definition) is 2. The van der Waals surface area contributed by atoms with Gasteiger partial charge in [-0.25, -0.2) is 0 Å². The molecule has 12 heavy (non-hydrogen) atoms. The Labute approximate surface area is 70.7 Å². The SMILES string of the molecule is O=C1CNC(=O)[C@@H]2CCC[C@@H]2N1. The molecule has 2 rings (SSSR count). The molecule has 0 aromatic heterocycles. The molecular formula is C8H12N2O2. The van der Waals surface area contributed by atoms with Gasteiger partial charge in [0.1, 0.15) is 0 Å². The molecule has 2 atom stereocenters. The summed E-state index contributed by atoms with van der Waals surface area (Å²) in [6.07, 6.45) is 2.91. The third-order valence-electron chi connectivity index (χ3n) is 2.62. The zero-order valence-electron chi connectivity index (χ0n) is 6.80. The molecule has 1 saturated heterocycles. The first kappa shape index (κ1) is 7.58. The second-order valence-corrected chi connectivity index (χ2v) is 3.43. The maximum Gasteiger partial charge on any atom is 0.239 e. The van der Waals surface area contributed by atoms with Gasteiger partial charge in [0, 0.05) is 6.04 Å². The molecule has 4 heteroatoms. The minimum Gasteiger partial charge on any atom is -0.351 e. The Morgan fingerprint density at radius 2 is 2.08 bits per heavy atom. The first-order valence-corrected chi connectivity index (χ1v) is 4.34. The lowest BCUT2D eigenvalue weighted by atomic mass is 10.0. The van der Waals surface area contributed by atoms with E-state index in [4.69, 9.17) is 0 Å². The second-order valence-electron chi connectivity index (χ2n) is 3.43. The van der Waals surface area contributed by atoms with Gasteiger partial charge in [-0.05, 0) is 12.8 Å². The second kappa shape index (κ2) is 2.77. The average molecular weight is 168 g/mol. The van der Waals surface area contributed by atoms with Gasteiger partial charge < -0.3 is 10.6 Å². The summed E-state index contributed by atoms with van der Waals surface area (Å²) < 4.78 is 0. The lowest BCUT2D eigenvalue weighted by molar-refractivity contribution is -0.125. The van der Waals surface area contributed by atoms with E-state index in [0.717, 1.165) is 19.3 Å². The number of carbonyl (C=O) groups excluding carboxylic acids is 2. The Bertz CT molecular complexity index is 227. The van der Waals surface area contributed by atoms with Crippen LogP contribution in [0.1, 0.15) is 19.3 Å². The van der Waals surface area contributed by atoms with E-state index >= 15 is 0 Å². The fourth-order valence-corrected chi connectivity index (χ4v) is 2.00. The van der Waals surface area contributed by atoms with E-state index in [1.807, 2.05) is 0 Å². The van der Waals surface area contributed by atoms with Gasteiger partial charge in [0.15, 0.2) is 0 Å². The Kier molecular flexibility index (Phi) is 1.75. The highest BCUT2D eigenvalue weighted by molar-refractivity contribution is 5.89. The van der Waals surface area contributed by atoms with Crippen molar-refractivity contribution >= 4 is 11.8 Å². The zero-order chi connectivity index (χ0) is 8.55. The van der Waals surface area contributed by atoms with Crippen LogP contribution in [0.3, 0.4) is 0 Å². The number of amides is 2. The molecule has 66 valence electrons. The van der Waals surface area contributed by atoms with Crippen LogP contribution in [0.15, 0.2) is 0 Å². The Balaban J connectivity index is 2.15.